The van der Waals surface area contributed by atoms with Gasteiger partial charge in [0.05, 0.1) is 11.2 Å². The van der Waals surface area contributed by atoms with Crippen molar-refractivity contribution in [2.24, 2.45) is 0 Å². The molecule has 1 aromatic carbocycles. The standard InChI is InChI=1S/C28H40BN3O5/c1-7-9-15-30-25(33)23-17-22(18-24(32-23)26(34)31-16-10-8-2)35-19-20-11-13-21(14-12-20)29-36-27(3,4)28(5,6)37-29/h11-14,17-18H,7-10,15-16,19H2,1-6H3,(H,30,33)(H,31,34). The molecule has 0 aliphatic carbocycles. The summed E-state index contributed by atoms with van der Waals surface area (Å²) in [5.74, 6) is -0.243. The van der Waals surface area contributed by atoms with E-state index in [1.807, 2.05) is 52.0 Å². The minimum Gasteiger partial charge on any atom is -0.489 e. The van der Waals surface area contributed by atoms with E-state index in [9.17, 15) is 9.59 Å². The Balaban J connectivity index is 1.71. The van der Waals surface area contributed by atoms with Gasteiger partial charge in [0.1, 0.15) is 23.7 Å². The topological polar surface area (TPSA) is 98.8 Å². The zero-order valence-electron chi connectivity index (χ0n) is 23.0. The maximum absolute atomic E-state index is 12.7. The second kappa shape index (κ2) is 12.6. The number of nitrogens with one attached hydrogen (secondary N) is 2. The molecule has 1 aliphatic heterocycles. The summed E-state index contributed by atoms with van der Waals surface area (Å²) in [4.78, 5) is 29.6. The number of rotatable bonds is 12. The van der Waals surface area contributed by atoms with Crippen LogP contribution in [0.5, 0.6) is 5.75 Å². The van der Waals surface area contributed by atoms with Gasteiger partial charge in [0.25, 0.3) is 11.8 Å². The first-order valence-corrected chi connectivity index (χ1v) is 13.2. The zero-order chi connectivity index (χ0) is 27.1. The number of ether oxygens (including phenoxy) is 1. The lowest BCUT2D eigenvalue weighted by Gasteiger charge is -2.32. The maximum Gasteiger partial charge on any atom is 0.494 e. The summed E-state index contributed by atoms with van der Waals surface area (Å²) in [6, 6.07) is 11.0. The van der Waals surface area contributed by atoms with E-state index >= 15 is 0 Å². The highest BCUT2D eigenvalue weighted by Crippen LogP contribution is 2.36. The van der Waals surface area contributed by atoms with Crippen molar-refractivity contribution in [1.29, 1.82) is 0 Å². The highest BCUT2D eigenvalue weighted by molar-refractivity contribution is 6.62. The van der Waals surface area contributed by atoms with E-state index in [0.717, 1.165) is 36.7 Å². The molecule has 0 radical (unpaired) electrons. The molecule has 0 spiro atoms. The monoisotopic (exact) mass is 509 g/mol. The van der Waals surface area contributed by atoms with E-state index in [-0.39, 0.29) is 29.8 Å². The highest BCUT2D eigenvalue weighted by atomic mass is 16.7. The van der Waals surface area contributed by atoms with Gasteiger partial charge in [-0.05, 0) is 51.6 Å². The first-order valence-electron chi connectivity index (χ1n) is 13.2. The maximum atomic E-state index is 12.7. The lowest BCUT2D eigenvalue weighted by atomic mass is 9.79. The van der Waals surface area contributed by atoms with Gasteiger partial charge >= 0.3 is 7.12 Å². The molecule has 37 heavy (non-hydrogen) atoms. The molecule has 0 bridgehead atoms. The third-order valence-electron chi connectivity index (χ3n) is 6.81. The van der Waals surface area contributed by atoms with Gasteiger partial charge in [-0.25, -0.2) is 4.98 Å². The molecule has 3 rings (SSSR count). The summed E-state index contributed by atoms with van der Waals surface area (Å²) in [7, 11) is -0.428. The van der Waals surface area contributed by atoms with E-state index in [1.54, 1.807) is 12.1 Å². The smallest absolute Gasteiger partial charge is 0.489 e. The third-order valence-corrected chi connectivity index (χ3v) is 6.81. The molecule has 2 aromatic rings. The molecule has 0 atom stereocenters. The van der Waals surface area contributed by atoms with Crippen LogP contribution in [0.15, 0.2) is 36.4 Å². The first-order chi connectivity index (χ1) is 17.6. The van der Waals surface area contributed by atoms with Crippen molar-refractivity contribution in [1.82, 2.24) is 15.6 Å². The van der Waals surface area contributed by atoms with E-state index < -0.39 is 18.3 Å². The van der Waals surface area contributed by atoms with Crippen LogP contribution in [0.4, 0.5) is 0 Å². The average Bonchev–Trinajstić information content (AvgIpc) is 3.09. The van der Waals surface area contributed by atoms with E-state index in [2.05, 4.69) is 29.5 Å². The Bertz CT molecular complexity index is 1020. The number of nitrogens with zero attached hydrogens (tertiary/aromatic N) is 1. The van der Waals surface area contributed by atoms with Gasteiger partial charge in [-0.15, -0.1) is 0 Å². The summed E-state index contributed by atoms with van der Waals surface area (Å²) in [5.41, 5.74) is 1.38. The predicted octanol–water partition coefficient (Wildman–Crippen LogP) is 4.02. The Morgan fingerprint density at radius 3 is 1.81 bits per heavy atom. The number of amides is 2. The van der Waals surface area contributed by atoms with Gasteiger partial charge in [-0.2, -0.15) is 0 Å². The molecule has 2 amide bonds. The molecule has 1 aromatic heterocycles. The van der Waals surface area contributed by atoms with Crippen LogP contribution in [0, 0.1) is 0 Å². The molecule has 2 heterocycles. The summed E-state index contributed by atoms with van der Waals surface area (Å²) in [6.45, 7) is 13.6. The zero-order valence-corrected chi connectivity index (χ0v) is 23.0. The molecule has 1 saturated heterocycles. The Kier molecular flexibility index (Phi) is 9.73. The van der Waals surface area contributed by atoms with Gasteiger partial charge in [0, 0.05) is 25.2 Å². The van der Waals surface area contributed by atoms with Crippen molar-refractivity contribution >= 4 is 24.4 Å². The van der Waals surface area contributed by atoms with Crippen molar-refractivity contribution in [2.45, 2.75) is 85.0 Å². The third kappa shape index (κ3) is 7.55. The van der Waals surface area contributed by atoms with Gasteiger partial charge in [0.15, 0.2) is 0 Å². The molecule has 9 heteroatoms. The molecule has 0 saturated carbocycles. The van der Waals surface area contributed by atoms with Crippen LogP contribution in [0.2, 0.25) is 0 Å². The Labute approximate surface area is 221 Å². The van der Waals surface area contributed by atoms with Crippen LogP contribution in [-0.4, -0.2) is 48.2 Å². The fourth-order valence-electron chi connectivity index (χ4n) is 3.68. The van der Waals surface area contributed by atoms with Crippen LogP contribution in [-0.2, 0) is 15.9 Å². The molecule has 1 fully saturated rings. The number of carbonyl (C=O) groups excluding carboxylic acids is 2. The molecular weight excluding hydrogens is 469 g/mol. The highest BCUT2D eigenvalue weighted by Gasteiger charge is 2.51. The fourth-order valence-corrected chi connectivity index (χ4v) is 3.68. The molecule has 1 aliphatic rings. The Morgan fingerprint density at radius 2 is 1.35 bits per heavy atom. The SMILES string of the molecule is CCCCNC(=O)c1cc(OCc2ccc(B3OC(C)(C)C(C)(C)O3)cc2)cc(C(=O)NCCCC)n1. The quantitative estimate of drug-likeness (QED) is 0.331. The van der Waals surface area contributed by atoms with Crippen molar-refractivity contribution in [3.05, 3.63) is 53.3 Å². The van der Waals surface area contributed by atoms with Crippen molar-refractivity contribution in [3.8, 4) is 5.75 Å². The van der Waals surface area contributed by atoms with Crippen molar-refractivity contribution < 1.29 is 23.6 Å². The second-order valence-electron chi connectivity index (χ2n) is 10.4. The van der Waals surface area contributed by atoms with Gasteiger partial charge in [-0.1, -0.05) is 51.0 Å². The Morgan fingerprint density at radius 1 is 0.865 bits per heavy atom. The van der Waals surface area contributed by atoms with Crippen molar-refractivity contribution in [2.75, 3.05) is 13.1 Å². The minimum absolute atomic E-state index is 0.158. The van der Waals surface area contributed by atoms with Gasteiger partial charge in [-0.3, -0.25) is 9.59 Å². The van der Waals surface area contributed by atoms with Gasteiger partial charge < -0.3 is 24.7 Å². The van der Waals surface area contributed by atoms with Gasteiger partial charge in [0.2, 0.25) is 0 Å². The number of aromatic nitrogens is 1. The second-order valence-corrected chi connectivity index (χ2v) is 10.4. The molecular formula is C28H40BN3O5. The normalized spacial score (nSPS) is 15.9. The van der Waals surface area contributed by atoms with Crippen LogP contribution >= 0.6 is 0 Å². The average molecular weight is 509 g/mol. The molecule has 0 unspecified atom stereocenters. The van der Waals surface area contributed by atoms with E-state index in [4.69, 9.17) is 14.0 Å². The number of pyridine rings is 1. The number of unbranched alkanes of at least 4 members (excludes halogenated alkanes) is 2. The molecule has 8 nitrogen and oxygen atoms in total. The summed E-state index contributed by atoms with van der Waals surface area (Å²) in [5, 5.41) is 5.70. The van der Waals surface area contributed by atoms with Crippen LogP contribution in [0.25, 0.3) is 0 Å². The van der Waals surface area contributed by atoms with Crippen LogP contribution in [0.3, 0.4) is 0 Å². The number of benzene rings is 1. The van der Waals surface area contributed by atoms with E-state index in [1.165, 1.54) is 0 Å². The number of hydrogen-bond acceptors (Lipinski definition) is 6. The largest absolute Gasteiger partial charge is 0.494 e. The van der Waals surface area contributed by atoms with Crippen LogP contribution < -0.4 is 20.8 Å². The Hall–Kier alpha value is -2.91. The van der Waals surface area contributed by atoms with Crippen LogP contribution in [0.1, 0.15) is 93.8 Å². The number of carbonyl (C=O) groups is 2. The number of hydrogen-bond donors (Lipinski definition) is 2. The summed E-state index contributed by atoms with van der Waals surface area (Å²) in [6.07, 6.45) is 3.67. The molecule has 200 valence electrons. The first kappa shape index (κ1) is 28.7. The predicted molar refractivity (Wildman–Crippen MR) is 145 cm³/mol. The van der Waals surface area contributed by atoms with Crippen molar-refractivity contribution in [3.63, 3.8) is 0 Å². The summed E-state index contributed by atoms with van der Waals surface area (Å²) < 4.78 is 18.2. The minimum atomic E-state index is -0.428. The lowest BCUT2D eigenvalue weighted by molar-refractivity contribution is 0.00578. The lowest BCUT2D eigenvalue weighted by Crippen LogP contribution is -2.41. The summed E-state index contributed by atoms with van der Waals surface area (Å²) >= 11 is 0. The fraction of sp³-hybridized carbons (Fsp3) is 0.536. The van der Waals surface area contributed by atoms with E-state index in [0.29, 0.717) is 18.8 Å². The molecule has 2 N–H and O–H groups in total.